The summed E-state index contributed by atoms with van der Waals surface area (Å²) in [6.45, 7) is 6.06. The van der Waals surface area contributed by atoms with Gasteiger partial charge in [0.15, 0.2) is 5.01 Å². The molecule has 1 aliphatic heterocycles. The van der Waals surface area contributed by atoms with E-state index in [1.54, 1.807) is 6.92 Å². The van der Waals surface area contributed by atoms with Gasteiger partial charge >= 0.3 is 5.97 Å². The fourth-order valence-electron chi connectivity index (χ4n) is 2.21. The highest BCUT2D eigenvalue weighted by molar-refractivity contribution is 7.15. The van der Waals surface area contributed by atoms with Gasteiger partial charge in [0.2, 0.25) is 5.78 Å². The minimum atomic E-state index is -1.01. The summed E-state index contributed by atoms with van der Waals surface area (Å²) in [5, 5.41) is 9.27. The molecule has 2 heterocycles. The molecule has 1 N–H and O–H groups in total. The molecule has 0 aliphatic carbocycles. The Kier molecular flexibility index (Phi) is 4.31. The number of ketones is 1. The zero-order valence-electron chi connectivity index (χ0n) is 11.2. The van der Waals surface area contributed by atoms with Crippen LogP contribution in [-0.4, -0.2) is 46.4 Å². The molecule has 2 rings (SSSR count). The average molecular weight is 282 g/mol. The number of aromatic carboxylic acids is 1. The fraction of sp³-hybridized carbons (Fsp3) is 0.615. The van der Waals surface area contributed by atoms with E-state index in [0.717, 1.165) is 43.2 Å². The largest absolute Gasteiger partial charge is 0.477 e. The number of carboxylic acid groups (broad SMARTS) is 1. The lowest BCUT2D eigenvalue weighted by Gasteiger charge is -2.29. The smallest absolute Gasteiger partial charge is 0.347 e. The first kappa shape index (κ1) is 14.1. The zero-order chi connectivity index (χ0) is 14.0. The molecule has 19 heavy (non-hydrogen) atoms. The molecular formula is C13H18N2O3S. The van der Waals surface area contributed by atoms with Crippen molar-refractivity contribution in [3.05, 3.63) is 15.6 Å². The fourth-order valence-corrected chi connectivity index (χ4v) is 3.04. The number of thiazole rings is 1. The number of Topliss-reactive ketones (excluding diaryl/α,β-unsaturated/α-hetero) is 1. The number of rotatable bonds is 4. The Bertz CT molecular complexity index is 490. The van der Waals surface area contributed by atoms with Crippen LogP contribution in [0.15, 0.2) is 0 Å². The summed E-state index contributed by atoms with van der Waals surface area (Å²) < 4.78 is 0. The quantitative estimate of drug-likeness (QED) is 0.856. The minimum absolute atomic E-state index is 0.0739. The van der Waals surface area contributed by atoms with Gasteiger partial charge in [-0.15, -0.1) is 11.3 Å². The van der Waals surface area contributed by atoms with Crippen molar-refractivity contribution in [2.24, 2.45) is 5.92 Å². The first-order valence-corrected chi connectivity index (χ1v) is 7.25. The lowest BCUT2D eigenvalue weighted by Crippen LogP contribution is -2.36. The third kappa shape index (κ3) is 3.39. The van der Waals surface area contributed by atoms with E-state index in [1.165, 1.54) is 0 Å². The van der Waals surface area contributed by atoms with Crippen molar-refractivity contribution in [1.29, 1.82) is 0 Å². The summed E-state index contributed by atoms with van der Waals surface area (Å²) in [5.41, 5.74) is 0.424. The molecule has 1 aromatic rings. The normalized spacial score (nSPS) is 17.6. The van der Waals surface area contributed by atoms with Gasteiger partial charge in [0, 0.05) is 0 Å². The minimum Gasteiger partial charge on any atom is -0.477 e. The summed E-state index contributed by atoms with van der Waals surface area (Å²) in [6, 6.07) is 0. The second kappa shape index (κ2) is 5.79. The monoisotopic (exact) mass is 282 g/mol. The summed E-state index contributed by atoms with van der Waals surface area (Å²) in [5.74, 6) is -0.358. The Morgan fingerprint density at radius 1 is 1.42 bits per heavy atom. The highest BCUT2D eigenvalue weighted by Gasteiger charge is 2.22. The molecule has 104 valence electrons. The van der Waals surface area contributed by atoms with Gasteiger partial charge in [0.05, 0.1) is 12.2 Å². The molecule has 0 unspecified atom stereocenters. The van der Waals surface area contributed by atoms with Crippen LogP contribution in [-0.2, 0) is 0 Å². The van der Waals surface area contributed by atoms with Gasteiger partial charge in [0.1, 0.15) is 4.88 Å². The third-order valence-electron chi connectivity index (χ3n) is 3.47. The van der Waals surface area contributed by atoms with E-state index in [-0.39, 0.29) is 10.7 Å². The summed E-state index contributed by atoms with van der Waals surface area (Å²) >= 11 is 0.978. The van der Waals surface area contributed by atoms with Crippen LogP contribution >= 0.6 is 11.3 Å². The molecule has 6 heteroatoms. The van der Waals surface area contributed by atoms with E-state index in [9.17, 15) is 9.59 Å². The van der Waals surface area contributed by atoms with Crippen molar-refractivity contribution in [3.63, 3.8) is 0 Å². The first-order valence-electron chi connectivity index (χ1n) is 6.43. The van der Waals surface area contributed by atoms with E-state index < -0.39 is 5.97 Å². The number of hydrogen-bond acceptors (Lipinski definition) is 5. The number of aryl methyl sites for hydroxylation is 1. The molecule has 1 aromatic heterocycles. The Balaban J connectivity index is 2.00. The molecule has 0 spiro atoms. The second-order valence-electron chi connectivity index (χ2n) is 5.12. The van der Waals surface area contributed by atoms with Crippen LogP contribution in [0.25, 0.3) is 0 Å². The van der Waals surface area contributed by atoms with Crippen molar-refractivity contribution < 1.29 is 14.7 Å². The second-order valence-corrected chi connectivity index (χ2v) is 6.12. The van der Waals surface area contributed by atoms with Gasteiger partial charge in [-0.2, -0.15) is 0 Å². The molecule has 5 nitrogen and oxygen atoms in total. The van der Waals surface area contributed by atoms with Crippen molar-refractivity contribution >= 4 is 23.1 Å². The summed E-state index contributed by atoms with van der Waals surface area (Å²) in [6.07, 6.45) is 2.23. The number of carbonyl (C=O) groups excluding carboxylic acids is 1. The predicted octanol–water partition coefficient (Wildman–Crippen LogP) is 2.06. The van der Waals surface area contributed by atoms with E-state index in [4.69, 9.17) is 5.11 Å². The number of nitrogens with zero attached hydrogens (tertiary/aromatic N) is 2. The Labute approximate surface area is 116 Å². The topological polar surface area (TPSA) is 70.5 Å². The predicted molar refractivity (Wildman–Crippen MR) is 73.0 cm³/mol. The molecule has 0 bridgehead atoms. The van der Waals surface area contributed by atoms with Crippen LogP contribution in [0.1, 0.15) is 44.9 Å². The van der Waals surface area contributed by atoms with Crippen LogP contribution in [0.2, 0.25) is 0 Å². The van der Waals surface area contributed by atoms with Gasteiger partial charge in [-0.25, -0.2) is 9.78 Å². The average Bonchev–Trinajstić information content (AvgIpc) is 2.74. The standard InChI is InChI=1S/C13H18N2O3S/c1-8-3-5-15(6-4-8)7-10(16)12-14-9(2)11(19-12)13(17)18/h8H,3-7H2,1-2H3,(H,17,18). The van der Waals surface area contributed by atoms with E-state index in [2.05, 4.69) is 16.8 Å². The number of piperidine rings is 1. The van der Waals surface area contributed by atoms with Crippen LogP contribution in [0.3, 0.4) is 0 Å². The molecule has 0 amide bonds. The van der Waals surface area contributed by atoms with Gasteiger partial charge < -0.3 is 5.11 Å². The van der Waals surface area contributed by atoms with Gasteiger partial charge in [0.25, 0.3) is 0 Å². The SMILES string of the molecule is Cc1nc(C(=O)CN2CCC(C)CC2)sc1C(=O)O. The first-order chi connectivity index (χ1) is 8.97. The number of aromatic nitrogens is 1. The highest BCUT2D eigenvalue weighted by atomic mass is 32.1. The molecule has 1 fully saturated rings. The van der Waals surface area contributed by atoms with Gasteiger partial charge in [-0.05, 0) is 38.8 Å². The Hall–Kier alpha value is -1.27. The maximum atomic E-state index is 12.1. The molecule has 0 aromatic carbocycles. The number of hydrogen-bond donors (Lipinski definition) is 1. The highest BCUT2D eigenvalue weighted by Crippen LogP contribution is 2.20. The van der Waals surface area contributed by atoms with Crippen LogP contribution in [0.4, 0.5) is 0 Å². The van der Waals surface area contributed by atoms with E-state index in [0.29, 0.717) is 17.2 Å². The maximum Gasteiger partial charge on any atom is 0.347 e. The lowest BCUT2D eigenvalue weighted by atomic mass is 9.99. The molecule has 0 saturated carbocycles. The van der Waals surface area contributed by atoms with E-state index in [1.807, 2.05) is 0 Å². The van der Waals surface area contributed by atoms with Gasteiger partial charge in [-0.1, -0.05) is 6.92 Å². The van der Waals surface area contributed by atoms with Crippen molar-refractivity contribution in [2.75, 3.05) is 19.6 Å². The third-order valence-corrected chi connectivity index (χ3v) is 4.66. The van der Waals surface area contributed by atoms with Crippen LogP contribution < -0.4 is 0 Å². The maximum absolute atomic E-state index is 12.1. The Morgan fingerprint density at radius 3 is 2.58 bits per heavy atom. The molecule has 0 radical (unpaired) electrons. The lowest BCUT2D eigenvalue weighted by molar-refractivity contribution is 0.0701. The Morgan fingerprint density at radius 2 is 2.05 bits per heavy atom. The van der Waals surface area contributed by atoms with Crippen LogP contribution in [0, 0.1) is 12.8 Å². The molecule has 1 aliphatic rings. The number of carbonyl (C=O) groups is 2. The van der Waals surface area contributed by atoms with Crippen molar-refractivity contribution in [2.45, 2.75) is 26.7 Å². The van der Waals surface area contributed by atoms with Crippen molar-refractivity contribution in [1.82, 2.24) is 9.88 Å². The molecular weight excluding hydrogens is 264 g/mol. The summed E-state index contributed by atoms with van der Waals surface area (Å²) in [7, 11) is 0. The van der Waals surface area contributed by atoms with Gasteiger partial charge in [-0.3, -0.25) is 9.69 Å². The number of likely N-dealkylation sites (tertiary alicyclic amines) is 1. The zero-order valence-corrected chi connectivity index (χ0v) is 12.0. The summed E-state index contributed by atoms with van der Waals surface area (Å²) in [4.78, 5) is 29.4. The van der Waals surface area contributed by atoms with Crippen LogP contribution in [0.5, 0.6) is 0 Å². The van der Waals surface area contributed by atoms with Crippen molar-refractivity contribution in [3.8, 4) is 0 Å². The molecule has 0 atom stereocenters. The molecule has 1 saturated heterocycles. The number of carboxylic acids is 1. The van der Waals surface area contributed by atoms with E-state index >= 15 is 0 Å².